The molecule has 1 aromatic carbocycles. The van der Waals surface area contributed by atoms with Crippen molar-refractivity contribution in [3.05, 3.63) is 46.8 Å². The highest BCUT2D eigenvalue weighted by molar-refractivity contribution is 5.96. The van der Waals surface area contributed by atoms with Crippen LogP contribution in [-0.4, -0.2) is 18.2 Å². The molecule has 0 saturated heterocycles. The second-order valence-corrected chi connectivity index (χ2v) is 5.67. The summed E-state index contributed by atoms with van der Waals surface area (Å²) in [6.45, 7) is 7.65. The minimum Gasteiger partial charge on any atom is -0.497 e. The van der Waals surface area contributed by atoms with E-state index in [0.717, 1.165) is 11.3 Å². The van der Waals surface area contributed by atoms with E-state index in [0.29, 0.717) is 17.0 Å². The lowest BCUT2D eigenvalue weighted by Crippen LogP contribution is -2.32. The lowest BCUT2D eigenvalue weighted by atomic mass is 9.95. The van der Waals surface area contributed by atoms with Crippen LogP contribution in [-0.2, 0) is 0 Å². The van der Waals surface area contributed by atoms with Gasteiger partial charge >= 0.3 is 0 Å². The van der Waals surface area contributed by atoms with Crippen molar-refractivity contribution in [1.82, 2.24) is 10.5 Å². The van der Waals surface area contributed by atoms with Crippen molar-refractivity contribution < 1.29 is 14.1 Å². The summed E-state index contributed by atoms with van der Waals surface area (Å²) >= 11 is 0. The van der Waals surface area contributed by atoms with E-state index in [1.807, 2.05) is 24.3 Å². The van der Waals surface area contributed by atoms with E-state index in [1.54, 1.807) is 21.0 Å². The molecular weight excluding hydrogens is 280 g/mol. The van der Waals surface area contributed by atoms with Crippen LogP contribution in [0.4, 0.5) is 0 Å². The second-order valence-electron chi connectivity index (χ2n) is 5.67. The number of aryl methyl sites for hydroxylation is 2. The van der Waals surface area contributed by atoms with Gasteiger partial charge in [-0.1, -0.05) is 31.1 Å². The van der Waals surface area contributed by atoms with Gasteiger partial charge < -0.3 is 14.6 Å². The van der Waals surface area contributed by atoms with Gasteiger partial charge in [0.15, 0.2) is 0 Å². The summed E-state index contributed by atoms with van der Waals surface area (Å²) in [5, 5.41) is 6.91. The molecule has 0 saturated carbocycles. The minimum atomic E-state index is -0.161. The van der Waals surface area contributed by atoms with E-state index in [1.165, 1.54) is 0 Å². The van der Waals surface area contributed by atoms with Gasteiger partial charge in [-0.05, 0) is 37.5 Å². The Kier molecular flexibility index (Phi) is 4.85. The third-order valence-electron chi connectivity index (χ3n) is 3.69. The molecule has 0 aliphatic rings. The average Bonchev–Trinajstić information content (AvgIpc) is 2.83. The Morgan fingerprint density at radius 2 is 1.86 bits per heavy atom. The summed E-state index contributed by atoms with van der Waals surface area (Å²) in [7, 11) is 1.63. The Labute approximate surface area is 130 Å². The number of carbonyl (C=O) groups excluding carboxylic acids is 1. The van der Waals surface area contributed by atoms with Crippen LogP contribution in [0.5, 0.6) is 5.75 Å². The normalized spacial score (nSPS) is 12.3. The maximum Gasteiger partial charge on any atom is 0.257 e. The molecule has 0 bridgehead atoms. The molecule has 1 N–H and O–H groups in total. The van der Waals surface area contributed by atoms with Crippen molar-refractivity contribution in [2.45, 2.75) is 33.7 Å². The first-order valence-electron chi connectivity index (χ1n) is 7.31. The van der Waals surface area contributed by atoms with Gasteiger partial charge in [0.05, 0.1) is 18.8 Å². The van der Waals surface area contributed by atoms with Gasteiger partial charge in [0.1, 0.15) is 17.1 Å². The third kappa shape index (κ3) is 3.30. The molecule has 0 fully saturated rings. The van der Waals surface area contributed by atoms with Crippen LogP contribution in [0.15, 0.2) is 28.8 Å². The number of aromatic nitrogens is 1. The second kappa shape index (κ2) is 6.64. The van der Waals surface area contributed by atoms with Crippen LogP contribution in [0.25, 0.3) is 0 Å². The van der Waals surface area contributed by atoms with Gasteiger partial charge in [0.2, 0.25) is 0 Å². The van der Waals surface area contributed by atoms with Crippen LogP contribution in [0, 0.1) is 19.8 Å². The van der Waals surface area contributed by atoms with Crippen LogP contribution >= 0.6 is 0 Å². The molecule has 2 rings (SSSR count). The highest BCUT2D eigenvalue weighted by atomic mass is 16.5. The lowest BCUT2D eigenvalue weighted by molar-refractivity contribution is 0.0923. The summed E-state index contributed by atoms with van der Waals surface area (Å²) in [6, 6.07) is 7.64. The molecule has 2 aromatic rings. The topological polar surface area (TPSA) is 64.4 Å². The number of rotatable bonds is 5. The Morgan fingerprint density at radius 1 is 1.23 bits per heavy atom. The SMILES string of the molecule is COc1ccc([C@@H](NC(=O)c2c(C)noc2C)C(C)C)cc1. The molecule has 118 valence electrons. The monoisotopic (exact) mass is 302 g/mol. The fourth-order valence-corrected chi connectivity index (χ4v) is 2.47. The summed E-state index contributed by atoms with van der Waals surface area (Å²) in [5.41, 5.74) is 2.15. The van der Waals surface area contributed by atoms with Gasteiger partial charge in [-0.2, -0.15) is 0 Å². The molecule has 0 spiro atoms. The molecule has 5 nitrogen and oxygen atoms in total. The molecule has 0 radical (unpaired) electrons. The summed E-state index contributed by atoms with van der Waals surface area (Å²) in [5.74, 6) is 1.42. The summed E-state index contributed by atoms with van der Waals surface area (Å²) in [6.07, 6.45) is 0. The van der Waals surface area contributed by atoms with Crippen LogP contribution in [0.1, 0.15) is 47.3 Å². The van der Waals surface area contributed by atoms with E-state index in [-0.39, 0.29) is 17.9 Å². The Hall–Kier alpha value is -2.30. The van der Waals surface area contributed by atoms with Crippen molar-refractivity contribution in [1.29, 1.82) is 0 Å². The van der Waals surface area contributed by atoms with Crippen molar-refractivity contribution >= 4 is 5.91 Å². The molecule has 5 heteroatoms. The van der Waals surface area contributed by atoms with Crippen molar-refractivity contribution in [3.8, 4) is 5.75 Å². The van der Waals surface area contributed by atoms with Gasteiger partial charge in [0, 0.05) is 0 Å². The molecule has 22 heavy (non-hydrogen) atoms. The predicted octanol–water partition coefficient (Wildman–Crippen LogP) is 3.43. The number of hydrogen-bond donors (Lipinski definition) is 1. The number of benzene rings is 1. The number of ether oxygens (including phenoxy) is 1. The fourth-order valence-electron chi connectivity index (χ4n) is 2.47. The quantitative estimate of drug-likeness (QED) is 0.919. The lowest BCUT2D eigenvalue weighted by Gasteiger charge is -2.23. The van der Waals surface area contributed by atoms with Gasteiger partial charge in [-0.15, -0.1) is 0 Å². The Balaban J connectivity index is 2.23. The standard InChI is InChI=1S/C17H22N2O3/c1-10(2)16(13-6-8-14(21-5)9-7-13)18-17(20)15-11(3)19-22-12(15)4/h6-10,16H,1-5H3,(H,18,20)/t16-/m0/s1. The Morgan fingerprint density at radius 3 is 2.32 bits per heavy atom. The molecule has 0 unspecified atom stereocenters. The van der Waals surface area contributed by atoms with E-state index in [4.69, 9.17) is 9.26 Å². The zero-order valence-electron chi connectivity index (χ0n) is 13.6. The van der Waals surface area contributed by atoms with Crippen molar-refractivity contribution in [2.24, 2.45) is 5.92 Å². The van der Waals surface area contributed by atoms with Crippen LogP contribution < -0.4 is 10.1 Å². The zero-order chi connectivity index (χ0) is 16.3. The summed E-state index contributed by atoms with van der Waals surface area (Å²) in [4.78, 5) is 12.5. The number of methoxy groups -OCH3 is 1. The highest BCUT2D eigenvalue weighted by Crippen LogP contribution is 2.25. The summed E-state index contributed by atoms with van der Waals surface area (Å²) < 4.78 is 10.2. The van der Waals surface area contributed by atoms with Crippen LogP contribution in [0.3, 0.4) is 0 Å². The van der Waals surface area contributed by atoms with E-state index in [2.05, 4.69) is 24.3 Å². The molecule has 0 aliphatic heterocycles. The van der Waals surface area contributed by atoms with E-state index >= 15 is 0 Å². The van der Waals surface area contributed by atoms with Gasteiger partial charge in [0.25, 0.3) is 5.91 Å². The zero-order valence-corrected chi connectivity index (χ0v) is 13.6. The maximum absolute atomic E-state index is 12.5. The van der Waals surface area contributed by atoms with Gasteiger partial charge in [-0.3, -0.25) is 4.79 Å². The molecule has 1 amide bonds. The molecule has 0 aliphatic carbocycles. The first-order chi connectivity index (χ1) is 10.4. The van der Waals surface area contributed by atoms with E-state index in [9.17, 15) is 4.79 Å². The number of nitrogens with one attached hydrogen (secondary N) is 1. The first-order valence-corrected chi connectivity index (χ1v) is 7.31. The van der Waals surface area contributed by atoms with E-state index < -0.39 is 0 Å². The number of amides is 1. The first kappa shape index (κ1) is 16.1. The van der Waals surface area contributed by atoms with Crippen LogP contribution in [0.2, 0.25) is 0 Å². The smallest absolute Gasteiger partial charge is 0.257 e. The fraction of sp³-hybridized carbons (Fsp3) is 0.412. The van der Waals surface area contributed by atoms with Gasteiger partial charge in [-0.25, -0.2) is 0 Å². The highest BCUT2D eigenvalue weighted by Gasteiger charge is 2.23. The average molecular weight is 302 g/mol. The van der Waals surface area contributed by atoms with Crippen molar-refractivity contribution in [2.75, 3.05) is 7.11 Å². The number of nitrogens with zero attached hydrogens (tertiary/aromatic N) is 1. The molecule has 1 atom stereocenters. The molecule has 1 aromatic heterocycles. The predicted molar refractivity (Wildman–Crippen MR) is 84.0 cm³/mol. The number of hydrogen-bond acceptors (Lipinski definition) is 4. The minimum absolute atomic E-state index is 0.0906. The third-order valence-corrected chi connectivity index (χ3v) is 3.69. The van der Waals surface area contributed by atoms with Crippen molar-refractivity contribution in [3.63, 3.8) is 0 Å². The maximum atomic E-state index is 12.5. The largest absolute Gasteiger partial charge is 0.497 e. The molecular formula is C17H22N2O3. The molecule has 1 heterocycles. The number of carbonyl (C=O) groups is 1. The Bertz CT molecular complexity index is 625.